The molecule has 0 aliphatic rings. The molecule has 0 rings (SSSR count). The summed E-state index contributed by atoms with van der Waals surface area (Å²) in [6.45, 7) is 6.56. The van der Waals surface area contributed by atoms with Crippen LogP contribution in [0.15, 0.2) is 72.9 Å². The zero-order valence-electron chi connectivity index (χ0n) is 47.0. The van der Waals surface area contributed by atoms with Crippen molar-refractivity contribution in [2.75, 3.05) is 13.2 Å². The molecule has 0 saturated carbocycles. The van der Waals surface area contributed by atoms with Crippen LogP contribution in [0.2, 0.25) is 0 Å². The van der Waals surface area contributed by atoms with Gasteiger partial charge in [0.15, 0.2) is 6.10 Å². The molecule has 0 fully saturated rings. The lowest BCUT2D eigenvalue weighted by molar-refractivity contribution is -0.167. The number of hydrogen-bond acceptors (Lipinski definition) is 6. The summed E-state index contributed by atoms with van der Waals surface area (Å²) in [5.74, 6) is -0.955. The smallest absolute Gasteiger partial charge is 0.306 e. The van der Waals surface area contributed by atoms with E-state index in [1.165, 1.54) is 167 Å². The first-order valence-corrected chi connectivity index (χ1v) is 30.4. The van der Waals surface area contributed by atoms with Gasteiger partial charge in [-0.1, -0.05) is 267 Å². The SMILES string of the molecule is CCCCC/C=C\C/C=C\C/C=C\C/C=C\CCCC(=O)OC[C@H](COC(=O)CCCCCCC/C=C\C/C=C\CCCCC)OC(=O)CCCCCCCCCCCCCCCCCCCCCCC. The summed E-state index contributed by atoms with van der Waals surface area (Å²) >= 11 is 0. The fraction of sp³-hybridized carbons (Fsp3) is 0.769. The van der Waals surface area contributed by atoms with E-state index in [2.05, 4.69) is 93.7 Å². The molecule has 0 aliphatic heterocycles. The average Bonchev–Trinajstić information content (AvgIpc) is 3.37. The predicted molar refractivity (Wildman–Crippen MR) is 307 cm³/mol. The zero-order chi connectivity index (χ0) is 51.4. The standard InChI is InChI=1S/C65H114O6/c1-4-7-10-13-16-19-22-25-28-30-31-32-33-35-38-41-44-47-50-53-56-59-65(68)71-62(60-69-63(66)57-54-51-48-45-42-39-36-27-24-21-18-15-12-9-6-3)61-70-64(67)58-55-52-49-46-43-40-37-34-29-26-23-20-17-14-11-8-5-2/h17-18,20-21,26-27,29,36-37,40,46,49,62H,4-16,19,22-25,28,30-35,38-39,41-45,47-48,50-61H2,1-3H3/b20-17-,21-18-,29-26-,36-27-,40-37-,49-46-/t62-/m0/s1. The van der Waals surface area contributed by atoms with Gasteiger partial charge in [-0.2, -0.15) is 0 Å². The highest BCUT2D eigenvalue weighted by Crippen LogP contribution is 2.16. The third-order valence-electron chi connectivity index (χ3n) is 13.2. The van der Waals surface area contributed by atoms with Gasteiger partial charge in [-0.3, -0.25) is 14.4 Å². The maximum absolute atomic E-state index is 12.9. The van der Waals surface area contributed by atoms with Gasteiger partial charge in [-0.25, -0.2) is 0 Å². The molecule has 6 heteroatoms. The Morgan fingerprint density at radius 3 is 0.873 bits per heavy atom. The Morgan fingerprint density at radius 2 is 0.521 bits per heavy atom. The van der Waals surface area contributed by atoms with Crippen molar-refractivity contribution >= 4 is 17.9 Å². The molecule has 0 N–H and O–H groups in total. The Balaban J connectivity index is 4.42. The van der Waals surface area contributed by atoms with Crippen LogP contribution >= 0.6 is 0 Å². The van der Waals surface area contributed by atoms with Crippen molar-refractivity contribution in [3.05, 3.63) is 72.9 Å². The van der Waals surface area contributed by atoms with Gasteiger partial charge in [0.2, 0.25) is 0 Å². The van der Waals surface area contributed by atoms with Gasteiger partial charge < -0.3 is 14.2 Å². The van der Waals surface area contributed by atoms with E-state index >= 15 is 0 Å². The third-order valence-corrected chi connectivity index (χ3v) is 13.2. The van der Waals surface area contributed by atoms with Gasteiger partial charge in [0.25, 0.3) is 0 Å². The molecule has 0 aromatic carbocycles. The fourth-order valence-corrected chi connectivity index (χ4v) is 8.58. The second-order valence-corrected chi connectivity index (χ2v) is 20.3. The van der Waals surface area contributed by atoms with E-state index in [0.29, 0.717) is 19.3 Å². The molecule has 6 nitrogen and oxygen atoms in total. The summed E-state index contributed by atoms with van der Waals surface area (Å²) < 4.78 is 16.8. The number of hydrogen-bond donors (Lipinski definition) is 0. The van der Waals surface area contributed by atoms with E-state index in [-0.39, 0.29) is 37.5 Å². The van der Waals surface area contributed by atoms with Crippen molar-refractivity contribution in [2.45, 2.75) is 309 Å². The molecule has 0 aromatic rings. The normalized spacial score (nSPS) is 12.5. The van der Waals surface area contributed by atoms with Gasteiger partial charge in [0, 0.05) is 19.3 Å². The van der Waals surface area contributed by atoms with Crippen LogP contribution < -0.4 is 0 Å². The zero-order valence-corrected chi connectivity index (χ0v) is 47.0. The molecule has 0 aliphatic carbocycles. The predicted octanol–water partition coefficient (Wildman–Crippen LogP) is 20.5. The van der Waals surface area contributed by atoms with Crippen LogP contribution in [0.1, 0.15) is 303 Å². The highest BCUT2D eigenvalue weighted by Gasteiger charge is 2.19. The maximum atomic E-state index is 12.9. The Bertz CT molecular complexity index is 1320. The minimum atomic E-state index is -0.802. The van der Waals surface area contributed by atoms with Gasteiger partial charge in [0.1, 0.15) is 13.2 Å². The number of carbonyl (C=O) groups is 3. The molecule has 0 spiro atoms. The fourth-order valence-electron chi connectivity index (χ4n) is 8.58. The van der Waals surface area contributed by atoms with E-state index < -0.39 is 6.10 Å². The molecular formula is C65H114O6. The van der Waals surface area contributed by atoms with Crippen LogP contribution in [0.4, 0.5) is 0 Å². The quantitative estimate of drug-likeness (QED) is 0.0261. The molecule has 0 amide bonds. The van der Waals surface area contributed by atoms with E-state index in [0.717, 1.165) is 89.9 Å². The van der Waals surface area contributed by atoms with Crippen molar-refractivity contribution in [3.63, 3.8) is 0 Å². The van der Waals surface area contributed by atoms with E-state index in [4.69, 9.17) is 14.2 Å². The summed E-state index contributed by atoms with van der Waals surface area (Å²) in [5.41, 5.74) is 0. The second kappa shape index (κ2) is 59.4. The van der Waals surface area contributed by atoms with E-state index in [9.17, 15) is 14.4 Å². The largest absolute Gasteiger partial charge is 0.462 e. The molecule has 71 heavy (non-hydrogen) atoms. The Kier molecular flexibility index (Phi) is 56.8. The number of rotatable bonds is 55. The molecule has 0 bridgehead atoms. The van der Waals surface area contributed by atoms with Crippen molar-refractivity contribution in [1.82, 2.24) is 0 Å². The van der Waals surface area contributed by atoms with Crippen LogP contribution in [0, 0.1) is 0 Å². The first-order chi connectivity index (χ1) is 35.0. The molecule has 0 heterocycles. The molecule has 0 unspecified atom stereocenters. The van der Waals surface area contributed by atoms with Crippen molar-refractivity contribution in [3.8, 4) is 0 Å². The minimum absolute atomic E-state index is 0.0976. The number of ether oxygens (including phenoxy) is 3. The minimum Gasteiger partial charge on any atom is -0.462 e. The Labute approximate surface area is 440 Å². The van der Waals surface area contributed by atoms with Crippen LogP contribution in [-0.4, -0.2) is 37.2 Å². The van der Waals surface area contributed by atoms with Crippen LogP contribution in [0.3, 0.4) is 0 Å². The van der Waals surface area contributed by atoms with Crippen molar-refractivity contribution in [1.29, 1.82) is 0 Å². The summed E-state index contributed by atoms with van der Waals surface area (Å²) in [5, 5.41) is 0. The first kappa shape index (κ1) is 67.8. The van der Waals surface area contributed by atoms with Crippen molar-refractivity contribution in [2.24, 2.45) is 0 Å². The molecule has 0 aromatic heterocycles. The first-order valence-electron chi connectivity index (χ1n) is 30.4. The number of allylic oxidation sites excluding steroid dienone is 12. The molecule has 410 valence electrons. The molecule has 0 radical (unpaired) electrons. The lowest BCUT2D eigenvalue weighted by Crippen LogP contribution is -2.30. The van der Waals surface area contributed by atoms with Gasteiger partial charge in [-0.05, 0) is 89.9 Å². The third kappa shape index (κ3) is 57.6. The topological polar surface area (TPSA) is 78.9 Å². The lowest BCUT2D eigenvalue weighted by Gasteiger charge is -2.18. The molecule has 1 atom stereocenters. The summed E-state index contributed by atoms with van der Waals surface area (Å²) in [6.07, 6.45) is 76.2. The summed E-state index contributed by atoms with van der Waals surface area (Å²) in [6, 6.07) is 0. The average molecular weight is 992 g/mol. The summed E-state index contributed by atoms with van der Waals surface area (Å²) in [7, 11) is 0. The maximum Gasteiger partial charge on any atom is 0.306 e. The summed E-state index contributed by atoms with van der Waals surface area (Å²) in [4.78, 5) is 38.2. The van der Waals surface area contributed by atoms with Gasteiger partial charge in [-0.15, -0.1) is 0 Å². The number of unbranched alkanes of at least 4 members (excludes halogenated alkanes) is 32. The Morgan fingerprint density at radius 1 is 0.282 bits per heavy atom. The second-order valence-electron chi connectivity index (χ2n) is 20.3. The van der Waals surface area contributed by atoms with Crippen LogP contribution in [0.5, 0.6) is 0 Å². The van der Waals surface area contributed by atoms with Crippen molar-refractivity contribution < 1.29 is 28.6 Å². The van der Waals surface area contributed by atoms with Crippen LogP contribution in [-0.2, 0) is 28.6 Å². The molecule has 0 saturated heterocycles. The van der Waals surface area contributed by atoms with E-state index in [1.54, 1.807) is 0 Å². The van der Waals surface area contributed by atoms with E-state index in [1.807, 2.05) is 0 Å². The van der Waals surface area contributed by atoms with Gasteiger partial charge in [0.05, 0.1) is 0 Å². The highest BCUT2D eigenvalue weighted by molar-refractivity contribution is 5.71. The monoisotopic (exact) mass is 991 g/mol. The van der Waals surface area contributed by atoms with Crippen LogP contribution in [0.25, 0.3) is 0 Å². The molecular weight excluding hydrogens is 877 g/mol. The number of esters is 3. The van der Waals surface area contributed by atoms with Gasteiger partial charge >= 0.3 is 17.9 Å². The Hall–Kier alpha value is -3.15. The number of carbonyl (C=O) groups excluding carboxylic acids is 3. The highest BCUT2D eigenvalue weighted by atomic mass is 16.6. The lowest BCUT2D eigenvalue weighted by atomic mass is 10.0.